The summed E-state index contributed by atoms with van der Waals surface area (Å²) in [6.07, 6.45) is 3.23. The molecule has 0 bridgehead atoms. The average Bonchev–Trinajstić information content (AvgIpc) is 3.00. The normalized spacial score (nSPS) is 19.3. The topological polar surface area (TPSA) is 57.8 Å². The van der Waals surface area contributed by atoms with Gasteiger partial charge < -0.3 is 10.3 Å². The molecule has 0 spiro atoms. The molecule has 1 aliphatic rings. The molecule has 3 atom stereocenters. The van der Waals surface area contributed by atoms with Crippen LogP contribution in [0.4, 0.5) is 0 Å². The van der Waals surface area contributed by atoms with E-state index in [-0.39, 0.29) is 17.6 Å². The summed E-state index contributed by atoms with van der Waals surface area (Å²) in [5.74, 6) is 1.42. The van der Waals surface area contributed by atoms with Crippen LogP contribution >= 0.6 is 11.3 Å². The molecule has 4 rings (SSSR count). The monoisotopic (exact) mass is 367 g/mol. The molecule has 1 aromatic carbocycles. The van der Waals surface area contributed by atoms with E-state index >= 15 is 0 Å². The first-order valence-electron chi connectivity index (χ1n) is 9.38. The maximum Gasteiger partial charge on any atom is 0.259 e. The highest BCUT2D eigenvalue weighted by Crippen LogP contribution is 2.35. The van der Waals surface area contributed by atoms with Crippen molar-refractivity contribution in [3.63, 3.8) is 0 Å². The van der Waals surface area contributed by atoms with Crippen LogP contribution in [0.5, 0.6) is 0 Å². The zero-order chi connectivity index (χ0) is 18.3. The van der Waals surface area contributed by atoms with E-state index < -0.39 is 0 Å². The predicted octanol–water partition coefficient (Wildman–Crippen LogP) is 4.52. The Morgan fingerprint density at radius 1 is 1.23 bits per heavy atom. The van der Waals surface area contributed by atoms with Gasteiger partial charge in [0.15, 0.2) is 0 Å². The van der Waals surface area contributed by atoms with Gasteiger partial charge in [-0.2, -0.15) is 0 Å². The molecule has 0 fully saturated rings. The molecule has 2 heterocycles. The Labute approximate surface area is 157 Å². The van der Waals surface area contributed by atoms with Gasteiger partial charge in [0.25, 0.3) is 5.56 Å². The highest BCUT2D eigenvalue weighted by molar-refractivity contribution is 7.18. The first-order valence-corrected chi connectivity index (χ1v) is 10.2. The van der Waals surface area contributed by atoms with Crippen molar-refractivity contribution in [3.05, 3.63) is 62.5 Å². The van der Waals surface area contributed by atoms with Gasteiger partial charge in [-0.05, 0) is 50.2 Å². The van der Waals surface area contributed by atoms with Gasteiger partial charge in [-0.15, -0.1) is 11.3 Å². The van der Waals surface area contributed by atoms with Crippen molar-refractivity contribution in [1.82, 2.24) is 15.3 Å². The number of H-pyrrole nitrogens is 1. The van der Waals surface area contributed by atoms with E-state index in [4.69, 9.17) is 4.98 Å². The maximum absolute atomic E-state index is 12.8. The third kappa shape index (κ3) is 3.21. The van der Waals surface area contributed by atoms with E-state index in [9.17, 15) is 4.79 Å². The van der Waals surface area contributed by atoms with Crippen LogP contribution in [0.2, 0.25) is 0 Å². The number of aromatic nitrogens is 2. The number of aryl methyl sites for hydroxylation is 1. The molecule has 2 aromatic heterocycles. The van der Waals surface area contributed by atoms with E-state index in [1.807, 2.05) is 18.2 Å². The van der Waals surface area contributed by atoms with Crippen molar-refractivity contribution in [2.24, 2.45) is 5.92 Å². The first kappa shape index (κ1) is 17.4. The molecule has 4 nitrogen and oxygen atoms in total. The van der Waals surface area contributed by atoms with Crippen molar-refractivity contribution in [1.29, 1.82) is 0 Å². The molecule has 26 heavy (non-hydrogen) atoms. The molecule has 0 aliphatic heterocycles. The third-order valence-electron chi connectivity index (χ3n) is 5.39. The molecule has 0 radical (unpaired) electrons. The summed E-state index contributed by atoms with van der Waals surface area (Å²) in [5, 5.41) is 4.37. The van der Waals surface area contributed by atoms with E-state index in [0.717, 1.165) is 35.3 Å². The lowest BCUT2D eigenvalue weighted by Gasteiger charge is -2.20. The largest absolute Gasteiger partial charge is 0.309 e. The fourth-order valence-corrected chi connectivity index (χ4v) is 5.25. The standard InChI is InChI=1S/C21H25N3OS/c1-12-9-10-16-17(11-12)26-21-18(16)20(25)23-19(24-21)14(3)22-13(2)15-7-5-4-6-8-15/h4-8,12-14,22H,9-11H2,1-3H3,(H,23,24,25)/t12-,13-,14+/m0/s1. The van der Waals surface area contributed by atoms with E-state index in [0.29, 0.717) is 5.92 Å². The molecule has 1 aliphatic carbocycles. The van der Waals surface area contributed by atoms with E-state index in [1.54, 1.807) is 11.3 Å². The minimum absolute atomic E-state index is 0.0121. The van der Waals surface area contributed by atoms with Gasteiger partial charge in [-0.25, -0.2) is 4.98 Å². The van der Waals surface area contributed by atoms with Gasteiger partial charge in [0.1, 0.15) is 10.7 Å². The van der Waals surface area contributed by atoms with Crippen LogP contribution < -0.4 is 10.9 Å². The third-order valence-corrected chi connectivity index (χ3v) is 6.54. The Morgan fingerprint density at radius 2 is 2.00 bits per heavy atom. The van der Waals surface area contributed by atoms with Crippen LogP contribution in [0.15, 0.2) is 35.1 Å². The average molecular weight is 368 g/mol. The van der Waals surface area contributed by atoms with Crippen molar-refractivity contribution in [2.75, 3.05) is 0 Å². The zero-order valence-corrected chi connectivity index (χ0v) is 16.3. The summed E-state index contributed by atoms with van der Waals surface area (Å²) in [7, 11) is 0. The molecule has 0 unspecified atom stereocenters. The number of aromatic amines is 1. The number of benzene rings is 1. The Bertz CT molecular complexity index is 976. The second-order valence-electron chi connectivity index (χ2n) is 7.50. The fourth-order valence-electron chi connectivity index (χ4n) is 3.86. The molecular weight excluding hydrogens is 342 g/mol. The van der Waals surface area contributed by atoms with Crippen LogP contribution in [0, 0.1) is 5.92 Å². The highest BCUT2D eigenvalue weighted by Gasteiger charge is 2.24. The van der Waals surface area contributed by atoms with E-state index in [2.05, 4.69) is 43.2 Å². The summed E-state index contributed by atoms with van der Waals surface area (Å²) in [5.41, 5.74) is 2.48. The molecule has 3 aromatic rings. The van der Waals surface area contributed by atoms with Crippen LogP contribution in [-0.2, 0) is 12.8 Å². The van der Waals surface area contributed by atoms with Crippen LogP contribution in [-0.4, -0.2) is 9.97 Å². The van der Waals surface area contributed by atoms with Crippen LogP contribution in [0.25, 0.3) is 10.2 Å². The number of rotatable bonds is 4. The van der Waals surface area contributed by atoms with E-state index in [1.165, 1.54) is 16.0 Å². The summed E-state index contributed by atoms with van der Waals surface area (Å²) < 4.78 is 0. The van der Waals surface area contributed by atoms with Crippen molar-refractivity contribution in [2.45, 2.75) is 52.1 Å². The minimum atomic E-state index is -0.0274. The summed E-state index contributed by atoms with van der Waals surface area (Å²) >= 11 is 1.71. The molecular formula is C21H25N3OS. The van der Waals surface area contributed by atoms with Crippen molar-refractivity contribution < 1.29 is 0 Å². The Hall–Kier alpha value is -1.98. The first-order chi connectivity index (χ1) is 12.5. The lowest BCUT2D eigenvalue weighted by Crippen LogP contribution is -2.26. The lowest BCUT2D eigenvalue weighted by molar-refractivity contribution is 0.477. The number of nitrogens with one attached hydrogen (secondary N) is 2. The smallest absolute Gasteiger partial charge is 0.259 e. The molecule has 0 saturated heterocycles. The predicted molar refractivity (Wildman–Crippen MR) is 108 cm³/mol. The molecule has 0 amide bonds. The van der Waals surface area contributed by atoms with Gasteiger partial charge >= 0.3 is 0 Å². The fraction of sp³-hybridized carbons (Fsp3) is 0.429. The lowest BCUT2D eigenvalue weighted by atomic mass is 9.89. The second-order valence-corrected chi connectivity index (χ2v) is 8.59. The highest BCUT2D eigenvalue weighted by atomic mass is 32.1. The number of thiophene rings is 1. The van der Waals surface area contributed by atoms with Crippen LogP contribution in [0.1, 0.15) is 61.1 Å². The van der Waals surface area contributed by atoms with Crippen molar-refractivity contribution in [3.8, 4) is 0 Å². The number of nitrogens with zero attached hydrogens (tertiary/aromatic N) is 1. The summed E-state index contributed by atoms with van der Waals surface area (Å²) in [6, 6.07) is 10.5. The van der Waals surface area contributed by atoms with Gasteiger partial charge in [0.05, 0.1) is 11.4 Å². The second kappa shape index (κ2) is 6.97. The van der Waals surface area contributed by atoms with Crippen LogP contribution in [0.3, 0.4) is 0 Å². The Morgan fingerprint density at radius 3 is 2.77 bits per heavy atom. The SMILES string of the molecule is C[C@H]1CCc2c(sc3nc([C@@H](C)N[C@@H](C)c4ccccc4)[nH]c(=O)c23)C1. The number of hydrogen-bond acceptors (Lipinski definition) is 4. The van der Waals surface area contributed by atoms with Gasteiger partial charge in [0, 0.05) is 10.9 Å². The van der Waals surface area contributed by atoms with Gasteiger partial charge in [0.2, 0.25) is 0 Å². The van der Waals surface area contributed by atoms with Crippen molar-refractivity contribution >= 4 is 21.6 Å². The molecule has 2 N–H and O–H groups in total. The number of fused-ring (bicyclic) bond motifs is 3. The van der Waals surface area contributed by atoms with Gasteiger partial charge in [-0.3, -0.25) is 4.79 Å². The molecule has 136 valence electrons. The quantitative estimate of drug-likeness (QED) is 0.713. The Balaban J connectivity index is 1.64. The Kier molecular flexibility index (Phi) is 4.67. The summed E-state index contributed by atoms with van der Waals surface area (Å²) in [6.45, 7) is 6.47. The maximum atomic E-state index is 12.8. The molecule has 0 saturated carbocycles. The van der Waals surface area contributed by atoms with Gasteiger partial charge in [-0.1, -0.05) is 37.3 Å². The zero-order valence-electron chi connectivity index (χ0n) is 15.5. The molecule has 5 heteroatoms. The number of hydrogen-bond donors (Lipinski definition) is 2. The minimum Gasteiger partial charge on any atom is -0.309 e. The summed E-state index contributed by atoms with van der Waals surface area (Å²) in [4.78, 5) is 22.8.